The molecule has 0 saturated carbocycles. The lowest BCUT2D eigenvalue weighted by Gasteiger charge is -2.44. The van der Waals surface area contributed by atoms with Gasteiger partial charge in [0.25, 0.3) is 5.91 Å². The van der Waals surface area contributed by atoms with Crippen molar-refractivity contribution >= 4 is 5.91 Å². The van der Waals surface area contributed by atoms with Gasteiger partial charge in [-0.25, -0.2) is 5.84 Å². The second-order valence-electron chi connectivity index (χ2n) is 6.08. The molecule has 0 bridgehead atoms. The third-order valence-electron chi connectivity index (χ3n) is 4.48. The molecule has 4 unspecified atom stereocenters. The molecule has 0 spiro atoms. The van der Waals surface area contributed by atoms with E-state index in [1.54, 1.807) is 0 Å². The van der Waals surface area contributed by atoms with Crippen molar-refractivity contribution in [3.05, 3.63) is 35.9 Å². The standard InChI is InChI=1S/C16H25N3O/c1-11-9-12(2)13(3)19(10-11)15(16(20)18-17)14-7-5-4-6-8-14/h4-8,11-13,15H,9-10,17H2,1-3H3,(H,18,20). The topological polar surface area (TPSA) is 58.4 Å². The van der Waals surface area contributed by atoms with Gasteiger partial charge in [0.05, 0.1) is 0 Å². The van der Waals surface area contributed by atoms with Crippen LogP contribution in [0.15, 0.2) is 30.3 Å². The minimum Gasteiger partial charge on any atom is -0.293 e. The third-order valence-corrected chi connectivity index (χ3v) is 4.48. The number of hydrogen-bond acceptors (Lipinski definition) is 3. The van der Waals surface area contributed by atoms with E-state index in [-0.39, 0.29) is 11.9 Å². The van der Waals surface area contributed by atoms with Gasteiger partial charge in [-0.2, -0.15) is 0 Å². The van der Waals surface area contributed by atoms with Crippen molar-refractivity contribution < 1.29 is 4.79 Å². The summed E-state index contributed by atoms with van der Waals surface area (Å²) in [5.74, 6) is 6.45. The van der Waals surface area contributed by atoms with Crippen molar-refractivity contribution in [1.82, 2.24) is 10.3 Å². The Morgan fingerprint density at radius 2 is 1.95 bits per heavy atom. The monoisotopic (exact) mass is 275 g/mol. The van der Waals surface area contributed by atoms with Crippen LogP contribution < -0.4 is 11.3 Å². The fourth-order valence-electron chi connectivity index (χ4n) is 3.31. The maximum atomic E-state index is 12.3. The summed E-state index contributed by atoms with van der Waals surface area (Å²) in [4.78, 5) is 14.6. The van der Waals surface area contributed by atoms with Crippen LogP contribution in [0.2, 0.25) is 0 Å². The molecule has 1 aliphatic rings. The molecule has 1 aromatic carbocycles. The van der Waals surface area contributed by atoms with Gasteiger partial charge in [0.2, 0.25) is 0 Å². The van der Waals surface area contributed by atoms with Crippen molar-refractivity contribution in [2.45, 2.75) is 39.3 Å². The highest BCUT2D eigenvalue weighted by atomic mass is 16.2. The van der Waals surface area contributed by atoms with E-state index in [1.165, 1.54) is 6.42 Å². The summed E-state index contributed by atoms with van der Waals surface area (Å²) in [5, 5.41) is 0. The lowest BCUT2D eigenvalue weighted by molar-refractivity contribution is -0.129. The van der Waals surface area contributed by atoms with Crippen LogP contribution in [0.3, 0.4) is 0 Å². The van der Waals surface area contributed by atoms with E-state index in [1.807, 2.05) is 30.3 Å². The van der Waals surface area contributed by atoms with Crippen molar-refractivity contribution in [2.24, 2.45) is 17.7 Å². The van der Waals surface area contributed by atoms with Crippen molar-refractivity contribution in [1.29, 1.82) is 0 Å². The molecule has 2 rings (SSSR count). The summed E-state index contributed by atoms with van der Waals surface area (Å²) in [6, 6.07) is 9.95. The SMILES string of the molecule is CC1CC(C)C(C)N(C(C(=O)NN)c2ccccc2)C1. The van der Waals surface area contributed by atoms with Crippen LogP contribution in [-0.4, -0.2) is 23.4 Å². The molecule has 3 N–H and O–H groups in total. The summed E-state index contributed by atoms with van der Waals surface area (Å²) in [7, 11) is 0. The van der Waals surface area contributed by atoms with Crippen LogP contribution in [0.1, 0.15) is 38.8 Å². The second-order valence-corrected chi connectivity index (χ2v) is 6.08. The first-order chi connectivity index (χ1) is 9.54. The lowest BCUT2D eigenvalue weighted by atomic mass is 9.84. The quantitative estimate of drug-likeness (QED) is 0.504. The van der Waals surface area contributed by atoms with Crippen molar-refractivity contribution in [2.75, 3.05) is 6.54 Å². The maximum absolute atomic E-state index is 12.3. The van der Waals surface area contributed by atoms with E-state index >= 15 is 0 Å². The number of piperidine rings is 1. The summed E-state index contributed by atoms with van der Waals surface area (Å²) in [5.41, 5.74) is 3.33. The number of rotatable bonds is 3. The summed E-state index contributed by atoms with van der Waals surface area (Å²) in [6.45, 7) is 7.64. The van der Waals surface area contributed by atoms with E-state index in [0.717, 1.165) is 12.1 Å². The summed E-state index contributed by atoms with van der Waals surface area (Å²) < 4.78 is 0. The Morgan fingerprint density at radius 3 is 2.55 bits per heavy atom. The first-order valence-corrected chi connectivity index (χ1v) is 7.35. The minimum absolute atomic E-state index is 0.135. The average molecular weight is 275 g/mol. The van der Waals surface area contributed by atoms with Gasteiger partial charge in [-0.15, -0.1) is 0 Å². The highest BCUT2D eigenvalue weighted by Crippen LogP contribution is 2.33. The molecule has 20 heavy (non-hydrogen) atoms. The van der Waals surface area contributed by atoms with Gasteiger partial charge < -0.3 is 0 Å². The highest BCUT2D eigenvalue weighted by molar-refractivity contribution is 5.82. The Labute approximate surface area is 121 Å². The minimum atomic E-state index is -0.304. The molecule has 1 amide bonds. The zero-order valence-corrected chi connectivity index (χ0v) is 12.5. The van der Waals surface area contributed by atoms with Gasteiger partial charge >= 0.3 is 0 Å². The van der Waals surface area contributed by atoms with Crippen LogP contribution in [0.25, 0.3) is 0 Å². The first-order valence-electron chi connectivity index (χ1n) is 7.35. The van der Waals surface area contributed by atoms with E-state index in [2.05, 4.69) is 31.1 Å². The van der Waals surface area contributed by atoms with Crippen molar-refractivity contribution in [3.63, 3.8) is 0 Å². The van der Waals surface area contributed by atoms with E-state index in [9.17, 15) is 4.79 Å². The lowest BCUT2D eigenvalue weighted by Crippen LogP contribution is -2.52. The molecule has 1 fully saturated rings. The van der Waals surface area contributed by atoms with Gasteiger partial charge in [-0.05, 0) is 30.7 Å². The number of benzene rings is 1. The third kappa shape index (κ3) is 3.02. The Bertz CT molecular complexity index is 448. The van der Waals surface area contributed by atoms with E-state index < -0.39 is 0 Å². The number of hydrazine groups is 1. The average Bonchev–Trinajstić information content (AvgIpc) is 2.45. The predicted octanol–water partition coefficient (Wildman–Crippen LogP) is 2.08. The summed E-state index contributed by atoms with van der Waals surface area (Å²) >= 11 is 0. The number of amides is 1. The number of hydrogen-bond donors (Lipinski definition) is 2. The largest absolute Gasteiger partial charge is 0.293 e. The Balaban J connectivity index is 2.33. The zero-order chi connectivity index (χ0) is 14.7. The Kier molecular flexibility index (Phi) is 4.78. The molecule has 0 radical (unpaired) electrons. The fourth-order valence-corrected chi connectivity index (χ4v) is 3.31. The predicted molar refractivity (Wildman–Crippen MR) is 80.6 cm³/mol. The highest BCUT2D eigenvalue weighted by Gasteiger charge is 2.37. The Morgan fingerprint density at radius 1 is 1.30 bits per heavy atom. The van der Waals surface area contributed by atoms with Gasteiger partial charge in [0, 0.05) is 12.6 Å². The number of nitrogens with zero attached hydrogens (tertiary/aromatic N) is 1. The van der Waals surface area contributed by atoms with Gasteiger partial charge in [0.15, 0.2) is 0 Å². The zero-order valence-electron chi connectivity index (χ0n) is 12.5. The van der Waals surface area contributed by atoms with Crippen LogP contribution in [0.5, 0.6) is 0 Å². The van der Waals surface area contributed by atoms with Gasteiger partial charge in [-0.1, -0.05) is 44.2 Å². The molecular weight excluding hydrogens is 250 g/mol. The van der Waals surface area contributed by atoms with Crippen LogP contribution in [0, 0.1) is 11.8 Å². The number of nitrogens with two attached hydrogens (primary N) is 1. The molecule has 1 heterocycles. The molecule has 4 heteroatoms. The van der Waals surface area contributed by atoms with Crippen LogP contribution in [0.4, 0.5) is 0 Å². The second kappa shape index (κ2) is 6.37. The van der Waals surface area contributed by atoms with Crippen LogP contribution >= 0.6 is 0 Å². The molecule has 4 atom stereocenters. The first kappa shape index (κ1) is 15.0. The molecule has 1 aromatic rings. The molecule has 0 aromatic heterocycles. The molecule has 110 valence electrons. The summed E-state index contributed by atoms with van der Waals surface area (Å²) in [6.07, 6.45) is 1.21. The van der Waals surface area contributed by atoms with E-state index in [0.29, 0.717) is 17.9 Å². The molecule has 4 nitrogen and oxygen atoms in total. The smallest absolute Gasteiger partial charge is 0.255 e. The molecular formula is C16H25N3O. The molecule has 1 saturated heterocycles. The van der Waals surface area contributed by atoms with Gasteiger partial charge in [-0.3, -0.25) is 15.1 Å². The Hall–Kier alpha value is -1.39. The van der Waals surface area contributed by atoms with Crippen molar-refractivity contribution in [3.8, 4) is 0 Å². The van der Waals surface area contributed by atoms with Gasteiger partial charge in [0.1, 0.15) is 6.04 Å². The number of carbonyl (C=O) groups excluding carboxylic acids is 1. The number of carbonyl (C=O) groups is 1. The fraction of sp³-hybridized carbons (Fsp3) is 0.562. The van der Waals surface area contributed by atoms with E-state index in [4.69, 9.17) is 5.84 Å². The molecule has 1 aliphatic heterocycles. The van der Waals surface area contributed by atoms with Crippen LogP contribution in [-0.2, 0) is 4.79 Å². The normalized spacial score (nSPS) is 28.9. The number of likely N-dealkylation sites (tertiary alicyclic amines) is 1. The molecule has 0 aliphatic carbocycles. The number of nitrogens with one attached hydrogen (secondary N) is 1. The maximum Gasteiger partial charge on any atom is 0.255 e.